The minimum absolute atomic E-state index is 0.0174. The molecule has 1 aliphatic rings. The molecule has 3 rings (SSSR count). The number of carbonyl (C=O) groups is 2. The fourth-order valence-electron chi connectivity index (χ4n) is 3.05. The quantitative estimate of drug-likeness (QED) is 0.463. The van der Waals surface area contributed by atoms with Crippen molar-refractivity contribution in [3.8, 4) is 0 Å². The highest BCUT2D eigenvalue weighted by molar-refractivity contribution is 6.46. The number of Topliss-reactive ketones (excluding diaryl/α,β-unsaturated/α-hetero) is 1. The lowest BCUT2D eigenvalue weighted by Gasteiger charge is -2.22. The summed E-state index contributed by atoms with van der Waals surface area (Å²) < 4.78 is 5.66. The number of likely N-dealkylation sites (tertiary alicyclic amines) is 1. The van der Waals surface area contributed by atoms with E-state index in [1.165, 1.54) is 17.0 Å². The first-order valence-electron chi connectivity index (χ1n) is 8.15. The van der Waals surface area contributed by atoms with Gasteiger partial charge >= 0.3 is 0 Å². The van der Waals surface area contributed by atoms with Crippen LogP contribution in [-0.2, 0) is 9.59 Å². The highest BCUT2D eigenvalue weighted by atomic mass is 35.5. The summed E-state index contributed by atoms with van der Waals surface area (Å²) in [6.45, 7) is 4.05. The maximum Gasteiger partial charge on any atom is 0.295 e. The molecule has 1 aliphatic heterocycles. The Labute approximate surface area is 160 Å². The van der Waals surface area contributed by atoms with Crippen LogP contribution in [0.25, 0.3) is 5.76 Å². The number of carbonyl (C=O) groups excluding carboxylic acids is 2. The number of aliphatic hydroxyl groups excluding tert-OH is 1. The van der Waals surface area contributed by atoms with Crippen LogP contribution in [0.4, 0.5) is 0 Å². The molecule has 136 valence electrons. The number of hydrogen-bond donors (Lipinski definition) is 1. The largest absolute Gasteiger partial charge is 0.507 e. The first kappa shape index (κ1) is 18.5. The van der Waals surface area contributed by atoms with Crippen LogP contribution in [0, 0.1) is 6.92 Å². The van der Waals surface area contributed by atoms with E-state index in [2.05, 4.69) is 0 Å². The first-order valence-corrected chi connectivity index (χ1v) is 8.91. The summed E-state index contributed by atoms with van der Waals surface area (Å²) in [4.78, 5) is 26.6. The van der Waals surface area contributed by atoms with Crippen LogP contribution in [0.2, 0.25) is 10.0 Å². The van der Waals surface area contributed by atoms with Crippen molar-refractivity contribution in [2.24, 2.45) is 0 Å². The van der Waals surface area contributed by atoms with Gasteiger partial charge in [-0.2, -0.15) is 0 Å². The molecule has 7 heteroatoms. The Kier molecular flexibility index (Phi) is 5.12. The number of aliphatic hydroxyl groups is 1. The van der Waals surface area contributed by atoms with E-state index < -0.39 is 17.7 Å². The smallest absolute Gasteiger partial charge is 0.295 e. The lowest BCUT2D eigenvalue weighted by atomic mass is 9.99. The van der Waals surface area contributed by atoms with Crippen molar-refractivity contribution in [1.82, 2.24) is 4.90 Å². The summed E-state index contributed by atoms with van der Waals surface area (Å²) in [5, 5.41) is 11.4. The Morgan fingerprint density at radius 1 is 1.19 bits per heavy atom. The van der Waals surface area contributed by atoms with Crippen LogP contribution in [-0.4, -0.2) is 28.2 Å². The van der Waals surface area contributed by atoms with Gasteiger partial charge in [0.05, 0.1) is 15.6 Å². The number of amides is 1. The molecule has 1 aromatic carbocycles. The molecule has 1 amide bonds. The third-order valence-corrected chi connectivity index (χ3v) is 4.97. The normalized spacial score (nSPS) is 19.4. The molecular formula is C19H17Cl2NO4. The molecule has 1 atom stereocenters. The second-order valence-electron chi connectivity index (χ2n) is 6.07. The summed E-state index contributed by atoms with van der Waals surface area (Å²) in [6, 6.07) is 7.20. The molecule has 0 bridgehead atoms. The van der Waals surface area contributed by atoms with Gasteiger partial charge < -0.3 is 14.4 Å². The summed E-state index contributed by atoms with van der Waals surface area (Å²) >= 11 is 11.9. The van der Waals surface area contributed by atoms with Crippen LogP contribution in [0.5, 0.6) is 0 Å². The standard InChI is InChI=1S/C19H17Cl2NO4/c1-3-8-22-16(14-7-4-10(2)26-14)15(18(24)19(22)25)17(23)11-5-6-12(20)13(21)9-11/h4-7,9,16,23H,3,8H2,1-2H3/b17-15-. The van der Waals surface area contributed by atoms with Gasteiger partial charge in [-0.25, -0.2) is 0 Å². The van der Waals surface area contributed by atoms with Gasteiger partial charge in [-0.05, 0) is 43.7 Å². The van der Waals surface area contributed by atoms with E-state index in [9.17, 15) is 14.7 Å². The van der Waals surface area contributed by atoms with Gasteiger partial charge in [0.25, 0.3) is 11.7 Å². The van der Waals surface area contributed by atoms with Crippen molar-refractivity contribution in [2.75, 3.05) is 6.54 Å². The molecule has 1 saturated heterocycles. The monoisotopic (exact) mass is 393 g/mol. The van der Waals surface area contributed by atoms with Gasteiger partial charge in [0.2, 0.25) is 0 Å². The number of nitrogens with zero attached hydrogens (tertiary/aromatic N) is 1. The van der Waals surface area contributed by atoms with E-state index in [1.807, 2.05) is 6.92 Å². The average molecular weight is 394 g/mol. The molecule has 5 nitrogen and oxygen atoms in total. The molecule has 1 fully saturated rings. The van der Waals surface area contributed by atoms with E-state index >= 15 is 0 Å². The zero-order valence-corrected chi connectivity index (χ0v) is 15.8. The fourth-order valence-corrected chi connectivity index (χ4v) is 3.34. The van der Waals surface area contributed by atoms with Crippen LogP contribution in [0.3, 0.4) is 0 Å². The van der Waals surface area contributed by atoms with E-state index in [1.54, 1.807) is 25.1 Å². The van der Waals surface area contributed by atoms with E-state index in [0.29, 0.717) is 35.1 Å². The number of ketones is 1. The number of hydrogen-bond acceptors (Lipinski definition) is 4. The van der Waals surface area contributed by atoms with E-state index in [-0.39, 0.29) is 16.4 Å². The van der Waals surface area contributed by atoms with Gasteiger partial charge in [-0.15, -0.1) is 0 Å². The van der Waals surface area contributed by atoms with Crippen molar-refractivity contribution in [3.63, 3.8) is 0 Å². The van der Waals surface area contributed by atoms with Gasteiger partial charge in [-0.1, -0.05) is 30.1 Å². The highest BCUT2D eigenvalue weighted by Crippen LogP contribution is 2.40. The van der Waals surface area contributed by atoms with Crippen molar-refractivity contribution in [1.29, 1.82) is 0 Å². The number of furan rings is 1. The lowest BCUT2D eigenvalue weighted by molar-refractivity contribution is -0.140. The second kappa shape index (κ2) is 7.17. The van der Waals surface area contributed by atoms with Crippen LogP contribution in [0.1, 0.15) is 36.5 Å². The third kappa shape index (κ3) is 3.13. The molecule has 0 saturated carbocycles. The summed E-state index contributed by atoms with van der Waals surface area (Å²) in [5.41, 5.74) is 0.290. The minimum Gasteiger partial charge on any atom is -0.507 e. The number of halogens is 2. The van der Waals surface area contributed by atoms with Crippen LogP contribution in [0.15, 0.2) is 40.3 Å². The van der Waals surface area contributed by atoms with Gasteiger partial charge in [0, 0.05) is 12.1 Å². The summed E-state index contributed by atoms with van der Waals surface area (Å²) in [5.74, 6) is -0.637. The van der Waals surface area contributed by atoms with Crippen molar-refractivity contribution >= 4 is 40.7 Å². The average Bonchev–Trinajstić information content (AvgIpc) is 3.13. The number of aryl methyl sites for hydroxylation is 1. The predicted molar refractivity (Wildman–Crippen MR) is 99.2 cm³/mol. The first-order chi connectivity index (χ1) is 12.3. The molecule has 1 aromatic heterocycles. The number of rotatable bonds is 4. The maximum atomic E-state index is 12.6. The summed E-state index contributed by atoms with van der Waals surface area (Å²) in [6.07, 6.45) is 0.663. The van der Waals surface area contributed by atoms with Crippen molar-refractivity contribution < 1.29 is 19.1 Å². The topological polar surface area (TPSA) is 70.8 Å². The zero-order chi connectivity index (χ0) is 19.0. The molecule has 2 aromatic rings. The van der Waals surface area contributed by atoms with Gasteiger partial charge in [-0.3, -0.25) is 9.59 Å². The lowest BCUT2D eigenvalue weighted by Crippen LogP contribution is -2.30. The third-order valence-electron chi connectivity index (χ3n) is 4.23. The minimum atomic E-state index is -0.780. The highest BCUT2D eigenvalue weighted by Gasteiger charge is 2.47. The molecular weight excluding hydrogens is 377 g/mol. The van der Waals surface area contributed by atoms with Gasteiger partial charge in [0.1, 0.15) is 23.3 Å². The Morgan fingerprint density at radius 3 is 2.50 bits per heavy atom. The fraction of sp³-hybridized carbons (Fsp3) is 0.263. The Hall–Kier alpha value is -2.24. The van der Waals surface area contributed by atoms with Gasteiger partial charge in [0.15, 0.2) is 0 Å². The Morgan fingerprint density at radius 2 is 1.92 bits per heavy atom. The van der Waals surface area contributed by atoms with Crippen LogP contribution < -0.4 is 0 Å². The molecule has 0 radical (unpaired) electrons. The maximum absolute atomic E-state index is 12.6. The van der Waals surface area contributed by atoms with Crippen molar-refractivity contribution in [2.45, 2.75) is 26.3 Å². The van der Waals surface area contributed by atoms with E-state index in [4.69, 9.17) is 27.6 Å². The van der Waals surface area contributed by atoms with E-state index in [0.717, 1.165) is 0 Å². The zero-order valence-electron chi connectivity index (χ0n) is 14.3. The second-order valence-corrected chi connectivity index (χ2v) is 6.88. The Bertz CT molecular complexity index is 916. The molecule has 0 aliphatic carbocycles. The summed E-state index contributed by atoms with van der Waals surface area (Å²) in [7, 11) is 0. The SMILES string of the molecule is CCCN1C(=O)C(=O)/C(=C(\O)c2ccc(Cl)c(Cl)c2)C1c1ccc(C)o1. The molecule has 1 N–H and O–H groups in total. The predicted octanol–water partition coefficient (Wildman–Crippen LogP) is 4.73. The molecule has 0 spiro atoms. The van der Waals surface area contributed by atoms with Crippen LogP contribution >= 0.6 is 23.2 Å². The molecule has 26 heavy (non-hydrogen) atoms. The molecule has 2 heterocycles. The number of benzene rings is 1. The Balaban J connectivity index is 2.19. The van der Waals surface area contributed by atoms with Crippen molar-refractivity contribution in [3.05, 3.63) is 63.0 Å². The molecule has 1 unspecified atom stereocenters.